The van der Waals surface area contributed by atoms with Crippen LogP contribution in [0.15, 0.2) is 36.4 Å². The van der Waals surface area contributed by atoms with E-state index in [0.717, 1.165) is 5.01 Å². The standard InChI is InChI=1S/C15H12ClF3N2O/c16-11-6-5-9-3-1-2-4-10(9)13(11)14(15(17,18)19)21-8-7-12(22)20-21/h1-6,14H,7-8H2,(H,20,22). The smallest absolute Gasteiger partial charge is 0.288 e. The molecule has 116 valence electrons. The van der Waals surface area contributed by atoms with E-state index in [4.69, 9.17) is 11.6 Å². The van der Waals surface area contributed by atoms with Crippen molar-refractivity contribution in [3.8, 4) is 0 Å². The molecule has 0 aromatic heterocycles. The minimum Gasteiger partial charge on any atom is -0.288 e. The third kappa shape index (κ3) is 2.64. The predicted octanol–water partition coefficient (Wildman–Crippen LogP) is 3.83. The zero-order valence-corrected chi connectivity index (χ0v) is 12.1. The number of benzene rings is 2. The summed E-state index contributed by atoms with van der Waals surface area (Å²) in [6.07, 6.45) is -4.53. The van der Waals surface area contributed by atoms with Crippen molar-refractivity contribution in [2.24, 2.45) is 0 Å². The molecule has 1 N–H and O–H groups in total. The van der Waals surface area contributed by atoms with E-state index >= 15 is 0 Å². The van der Waals surface area contributed by atoms with Gasteiger partial charge in [-0.25, -0.2) is 5.01 Å². The summed E-state index contributed by atoms with van der Waals surface area (Å²) in [5.74, 6) is -0.425. The van der Waals surface area contributed by atoms with Crippen LogP contribution in [0.1, 0.15) is 18.0 Å². The summed E-state index contributed by atoms with van der Waals surface area (Å²) in [6.45, 7) is -0.0113. The lowest BCUT2D eigenvalue weighted by Gasteiger charge is -2.30. The Hall–Kier alpha value is -1.79. The quantitative estimate of drug-likeness (QED) is 0.908. The first-order valence-electron chi connectivity index (χ1n) is 6.68. The minimum absolute atomic E-state index is 0.0113. The van der Waals surface area contributed by atoms with Gasteiger partial charge in [-0.3, -0.25) is 10.2 Å². The second-order valence-corrected chi connectivity index (χ2v) is 5.51. The lowest BCUT2D eigenvalue weighted by atomic mass is 9.97. The molecule has 22 heavy (non-hydrogen) atoms. The van der Waals surface area contributed by atoms with E-state index in [2.05, 4.69) is 5.43 Å². The molecule has 0 spiro atoms. The predicted molar refractivity (Wildman–Crippen MR) is 77.2 cm³/mol. The number of halogens is 4. The van der Waals surface area contributed by atoms with E-state index in [0.29, 0.717) is 10.8 Å². The van der Waals surface area contributed by atoms with Gasteiger partial charge in [-0.15, -0.1) is 0 Å². The topological polar surface area (TPSA) is 32.3 Å². The maximum atomic E-state index is 13.6. The molecule has 7 heteroatoms. The molecule has 2 aromatic carbocycles. The lowest BCUT2D eigenvalue weighted by Crippen LogP contribution is -2.43. The molecule has 3 nitrogen and oxygen atoms in total. The SMILES string of the molecule is O=C1CCN(C(c2c(Cl)ccc3ccccc23)C(F)(F)F)N1. The van der Waals surface area contributed by atoms with Crippen molar-refractivity contribution in [1.29, 1.82) is 0 Å². The average molecular weight is 329 g/mol. The number of amides is 1. The molecule has 1 saturated heterocycles. The van der Waals surface area contributed by atoms with Gasteiger partial charge in [0.15, 0.2) is 6.04 Å². The Balaban J connectivity index is 2.20. The molecule has 1 atom stereocenters. The van der Waals surface area contributed by atoms with Crippen molar-refractivity contribution >= 4 is 28.3 Å². The van der Waals surface area contributed by atoms with Gasteiger partial charge in [0.05, 0.1) is 0 Å². The summed E-state index contributed by atoms with van der Waals surface area (Å²) in [5, 5.41) is 2.04. The molecule has 1 heterocycles. The number of rotatable bonds is 2. The van der Waals surface area contributed by atoms with Crippen LogP contribution in [0.2, 0.25) is 5.02 Å². The molecule has 0 bridgehead atoms. The zero-order valence-electron chi connectivity index (χ0n) is 11.3. The van der Waals surface area contributed by atoms with Crippen molar-refractivity contribution in [3.05, 3.63) is 47.0 Å². The van der Waals surface area contributed by atoms with Crippen LogP contribution >= 0.6 is 11.6 Å². The molecule has 2 aromatic rings. The van der Waals surface area contributed by atoms with Crippen molar-refractivity contribution in [2.45, 2.75) is 18.6 Å². The van der Waals surface area contributed by atoms with E-state index in [1.54, 1.807) is 30.3 Å². The van der Waals surface area contributed by atoms with E-state index in [1.807, 2.05) is 0 Å². The van der Waals surface area contributed by atoms with Crippen LogP contribution in [0.3, 0.4) is 0 Å². The van der Waals surface area contributed by atoms with E-state index in [-0.39, 0.29) is 23.6 Å². The molecule has 1 aliphatic heterocycles. The number of nitrogens with one attached hydrogen (secondary N) is 1. The number of nitrogens with zero attached hydrogens (tertiary/aromatic N) is 1. The maximum Gasteiger partial charge on any atom is 0.409 e. The first-order chi connectivity index (χ1) is 10.4. The van der Waals surface area contributed by atoms with Crippen molar-refractivity contribution in [1.82, 2.24) is 10.4 Å². The minimum atomic E-state index is -4.56. The highest BCUT2D eigenvalue weighted by Crippen LogP contribution is 2.43. The van der Waals surface area contributed by atoms with Gasteiger partial charge < -0.3 is 0 Å². The number of hydrogen-bond donors (Lipinski definition) is 1. The summed E-state index contributed by atoms with van der Waals surface area (Å²) in [4.78, 5) is 11.3. The van der Waals surface area contributed by atoms with Gasteiger partial charge in [0, 0.05) is 23.6 Å². The fraction of sp³-hybridized carbons (Fsp3) is 0.267. The molecule has 0 radical (unpaired) electrons. The van der Waals surface area contributed by atoms with E-state index < -0.39 is 18.1 Å². The number of carbonyl (C=O) groups excluding carboxylic acids is 1. The maximum absolute atomic E-state index is 13.6. The Morgan fingerprint density at radius 2 is 1.91 bits per heavy atom. The Morgan fingerprint density at radius 3 is 2.55 bits per heavy atom. The number of hydrogen-bond acceptors (Lipinski definition) is 2. The monoisotopic (exact) mass is 328 g/mol. The second kappa shape index (κ2) is 5.44. The number of hydrazine groups is 1. The number of fused-ring (bicyclic) bond motifs is 1. The van der Waals surface area contributed by atoms with Crippen LogP contribution in [-0.4, -0.2) is 23.6 Å². The molecule has 0 saturated carbocycles. The third-order valence-corrected chi connectivity index (χ3v) is 3.99. The Kier molecular flexibility index (Phi) is 3.74. The summed E-state index contributed by atoms with van der Waals surface area (Å²) in [5.41, 5.74) is 2.23. The Labute approximate surface area is 129 Å². The molecule has 1 aliphatic rings. The molecular weight excluding hydrogens is 317 g/mol. The largest absolute Gasteiger partial charge is 0.409 e. The first-order valence-corrected chi connectivity index (χ1v) is 7.05. The Bertz CT molecular complexity index is 732. The normalized spacial score (nSPS) is 17.7. The highest BCUT2D eigenvalue weighted by molar-refractivity contribution is 6.32. The average Bonchev–Trinajstić information content (AvgIpc) is 2.86. The van der Waals surface area contributed by atoms with Gasteiger partial charge in [0.1, 0.15) is 0 Å². The summed E-state index contributed by atoms with van der Waals surface area (Å²) in [6, 6.07) is 7.90. The second-order valence-electron chi connectivity index (χ2n) is 5.10. The van der Waals surface area contributed by atoms with Gasteiger partial charge in [0.25, 0.3) is 0 Å². The summed E-state index contributed by atoms with van der Waals surface area (Å²) < 4.78 is 40.9. The lowest BCUT2D eigenvalue weighted by molar-refractivity contribution is -0.190. The first kappa shape index (κ1) is 15.1. The van der Waals surface area contributed by atoms with E-state index in [9.17, 15) is 18.0 Å². The van der Waals surface area contributed by atoms with Crippen molar-refractivity contribution in [3.63, 3.8) is 0 Å². The van der Waals surface area contributed by atoms with Crippen LogP contribution < -0.4 is 5.43 Å². The zero-order chi connectivity index (χ0) is 15.9. The molecule has 1 unspecified atom stereocenters. The highest BCUT2D eigenvalue weighted by Gasteiger charge is 2.48. The van der Waals surface area contributed by atoms with Gasteiger partial charge in [-0.05, 0) is 16.8 Å². The van der Waals surface area contributed by atoms with E-state index in [1.165, 1.54) is 6.07 Å². The fourth-order valence-electron chi connectivity index (χ4n) is 2.73. The Morgan fingerprint density at radius 1 is 1.18 bits per heavy atom. The highest BCUT2D eigenvalue weighted by atomic mass is 35.5. The number of alkyl halides is 3. The van der Waals surface area contributed by atoms with Crippen LogP contribution in [0.4, 0.5) is 13.2 Å². The molecule has 1 amide bonds. The van der Waals surface area contributed by atoms with Crippen molar-refractivity contribution < 1.29 is 18.0 Å². The van der Waals surface area contributed by atoms with Crippen LogP contribution in [0.5, 0.6) is 0 Å². The van der Waals surface area contributed by atoms with Gasteiger partial charge in [-0.1, -0.05) is 41.9 Å². The van der Waals surface area contributed by atoms with Crippen LogP contribution in [-0.2, 0) is 4.79 Å². The molecule has 1 fully saturated rings. The number of carbonyl (C=O) groups is 1. The molecule has 0 aliphatic carbocycles. The third-order valence-electron chi connectivity index (χ3n) is 3.66. The summed E-state index contributed by atoms with van der Waals surface area (Å²) in [7, 11) is 0. The molecular formula is C15H12ClF3N2O. The van der Waals surface area contributed by atoms with Crippen LogP contribution in [0, 0.1) is 0 Å². The van der Waals surface area contributed by atoms with Gasteiger partial charge in [0.2, 0.25) is 5.91 Å². The fourth-order valence-corrected chi connectivity index (χ4v) is 3.00. The molecule has 3 rings (SSSR count). The van der Waals surface area contributed by atoms with Crippen LogP contribution in [0.25, 0.3) is 10.8 Å². The van der Waals surface area contributed by atoms with Crippen molar-refractivity contribution in [2.75, 3.05) is 6.54 Å². The van der Waals surface area contributed by atoms with Gasteiger partial charge in [-0.2, -0.15) is 13.2 Å². The van der Waals surface area contributed by atoms with Gasteiger partial charge >= 0.3 is 6.18 Å². The summed E-state index contributed by atoms with van der Waals surface area (Å²) >= 11 is 6.08.